The number of hydrogen-bond donors (Lipinski definition) is 2. The van der Waals surface area contributed by atoms with Crippen LogP contribution in [0.25, 0.3) is 11.0 Å². The molecule has 2 N–H and O–H groups in total. The Morgan fingerprint density at radius 3 is 3.10 bits per heavy atom. The first-order valence-corrected chi connectivity index (χ1v) is 6.68. The summed E-state index contributed by atoms with van der Waals surface area (Å²) in [6, 6.07) is 4.88. The second kappa shape index (κ2) is 6.49. The maximum atomic E-state index is 12.2. The molecule has 1 heterocycles. The smallest absolute Gasteiger partial charge is 0.201 e. The lowest BCUT2D eigenvalue weighted by Crippen LogP contribution is -2.31. The highest BCUT2D eigenvalue weighted by Gasteiger charge is 2.05. The summed E-state index contributed by atoms with van der Waals surface area (Å²) in [6.45, 7) is 2.61. The molecule has 0 aliphatic rings. The summed E-state index contributed by atoms with van der Waals surface area (Å²) in [4.78, 5) is 12.2. The molecule has 0 fully saturated rings. The fourth-order valence-corrected chi connectivity index (χ4v) is 1.94. The van der Waals surface area contributed by atoms with Gasteiger partial charge in [-0.2, -0.15) is 5.10 Å². The molecule has 0 amide bonds. The summed E-state index contributed by atoms with van der Waals surface area (Å²) in [5, 5.41) is 8.03. The van der Waals surface area contributed by atoms with Crippen LogP contribution in [0.3, 0.4) is 0 Å². The van der Waals surface area contributed by atoms with Gasteiger partial charge in [0.1, 0.15) is 11.8 Å². The summed E-state index contributed by atoms with van der Waals surface area (Å²) in [7, 11) is 0. The molecular formula is C13H12ClN3O2S. The van der Waals surface area contributed by atoms with Crippen LogP contribution in [0.4, 0.5) is 0 Å². The third-order valence-electron chi connectivity index (χ3n) is 2.47. The molecule has 0 aliphatic heterocycles. The molecule has 0 radical (unpaired) electrons. The Morgan fingerprint density at radius 1 is 1.55 bits per heavy atom. The first-order chi connectivity index (χ1) is 9.61. The number of nitrogens with one attached hydrogen (secondary N) is 2. The fourth-order valence-electron chi connectivity index (χ4n) is 1.57. The highest BCUT2D eigenvalue weighted by Crippen LogP contribution is 2.16. The Bertz CT molecular complexity index is 727. The molecule has 0 spiro atoms. The Kier molecular flexibility index (Phi) is 4.70. The molecule has 2 aromatic rings. The van der Waals surface area contributed by atoms with E-state index in [9.17, 15) is 4.79 Å². The van der Waals surface area contributed by atoms with E-state index in [1.165, 1.54) is 12.5 Å². The van der Waals surface area contributed by atoms with Gasteiger partial charge in [-0.1, -0.05) is 11.6 Å². The van der Waals surface area contributed by atoms with Crippen LogP contribution in [0, 0.1) is 0 Å². The lowest BCUT2D eigenvalue weighted by atomic mass is 10.2. The van der Waals surface area contributed by atoms with Gasteiger partial charge < -0.3 is 9.73 Å². The van der Waals surface area contributed by atoms with Gasteiger partial charge in [0.15, 0.2) is 5.11 Å². The highest BCUT2D eigenvalue weighted by molar-refractivity contribution is 7.80. The fraction of sp³-hybridized carbons (Fsp3) is 0.154. The van der Waals surface area contributed by atoms with Crippen LogP contribution in [0.2, 0.25) is 5.02 Å². The van der Waals surface area contributed by atoms with E-state index in [1.807, 2.05) is 6.92 Å². The van der Waals surface area contributed by atoms with E-state index in [0.717, 1.165) is 0 Å². The minimum atomic E-state index is -0.200. The Balaban J connectivity index is 2.27. The second-order valence-electron chi connectivity index (χ2n) is 3.89. The standard InChI is InChI=1S/C13H12ClN3O2S/c1-2-15-13(20)17-16-6-8-7-19-11-4-3-9(14)5-10(11)12(8)18/h3-7H,2H2,1H3,(H2,15,17,20). The van der Waals surface area contributed by atoms with E-state index in [1.54, 1.807) is 18.2 Å². The van der Waals surface area contributed by atoms with Crippen molar-refractivity contribution in [1.29, 1.82) is 0 Å². The number of thiocarbonyl (C=S) groups is 1. The molecule has 5 nitrogen and oxygen atoms in total. The first-order valence-electron chi connectivity index (χ1n) is 5.89. The van der Waals surface area contributed by atoms with E-state index in [0.29, 0.717) is 33.2 Å². The molecule has 0 saturated heterocycles. The van der Waals surface area contributed by atoms with Crippen molar-refractivity contribution in [3.63, 3.8) is 0 Å². The molecule has 2 rings (SSSR count). The van der Waals surface area contributed by atoms with Crippen LogP contribution in [-0.4, -0.2) is 17.9 Å². The lowest BCUT2D eigenvalue weighted by molar-refractivity contribution is 0.601. The predicted molar refractivity (Wildman–Crippen MR) is 84.5 cm³/mol. The van der Waals surface area contributed by atoms with Crippen LogP contribution in [0.5, 0.6) is 0 Å². The Morgan fingerprint density at radius 2 is 2.35 bits per heavy atom. The molecule has 7 heteroatoms. The van der Waals surface area contributed by atoms with Gasteiger partial charge in [-0.3, -0.25) is 10.2 Å². The molecule has 1 aromatic heterocycles. The summed E-state index contributed by atoms with van der Waals surface area (Å²) in [5.74, 6) is 0. The van der Waals surface area contributed by atoms with Crippen molar-refractivity contribution < 1.29 is 4.42 Å². The van der Waals surface area contributed by atoms with E-state index >= 15 is 0 Å². The quantitative estimate of drug-likeness (QED) is 0.517. The van der Waals surface area contributed by atoms with Crippen LogP contribution < -0.4 is 16.2 Å². The van der Waals surface area contributed by atoms with Gasteiger partial charge >= 0.3 is 0 Å². The van der Waals surface area contributed by atoms with Crippen molar-refractivity contribution in [3.05, 3.63) is 45.3 Å². The van der Waals surface area contributed by atoms with Crippen molar-refractivity contribution >= 4 is 46.1 Å². The van der Waals surface area contributed by atoms with Gasteiger partial charge in [0.2, 0.25) is 5.43 Å². The predicted octanol–water partition coefficient (Wildman–Crippen LogP) is 2.26. The monoisotopic (exact) mass is 309 g/mol. The molecule has 0 unspecified atom stereocenters. The molecular weight excluding hydrogens is 298 g/mol. The molecule has 20 heavy (non-hydrogen) atoms. The number of nitrogens with zero attached hydrogens (tertiary/aromatic N) is 1. The van der Waals surface area contributed by atoms with E-state index in [4.69, 9.17) is 28.2 Å². The normalized spacial score (nSPS) is 10.9. The van der Waals surface area contributed by atoms with Crippen LogP contribution >= 0.6 is 23.8 Å². The van der Waals surface area contributed by atoms with Crippen molar-refractivity contribution in [2.45, 2.75) is 6.92 Å². The topological polar surface area (TPSA) is 66.6 Å². The minimum absolute atomic E-state index is 0.200. The second-order valence-corrected chi connectivity index (χ2v) is 4.73. The number of halogens is 1. The SMILES string of the molecule is CCNC(=S)NN=Cc1coc2ccc(Cl)cc2c1=O. The van der Waals surface area contributed by atoms with Crippen LogP contribution in [-0.2, 0) is 0 Å². The number of fused-ring (bicyclic) bond motifs is 1. The molecule has 0 atom stereocenters. The Labute approximate surface area is 125 Å². The Hall–Kier alpha value is -1.92. The third kappa shape index (κ3) is 3.34. The van der Waals surface area contributed by atoms with E-state index < -0.39 is 0 Å². The summed E-state index contributed by atoms with van der Waals surface area (Å²) in [5.41, 5.74) is 3.19. The molecule has 0 saturated carbocycles. The van der Waals surface area contributed by atoms with Gasteiger partial charge in [-0.25, -0.2) is 0 Å². The van der Waals surface area contributed by atoms with Gasteiger partial charge in [-0.05, 0) is 37.3 Å². The zero-order chi connectivity index (χ0) is 14.5. The maximum absolute atomic E-state index is 12.2. The number of benzene rings is 1. The minimum Gasteiger partial charge on any atom is -0.463 e. The summed E-state index contributed by atoms with van der Waals surface area (Å²) >= 11 is 10.8. The van der Waals surface area contributed by atoms with Crippen molar-refractivity contribution in [2.75, 3.05) is 6.54 Å². The van der Waals surface area contributed by atoms with Crippen LogP contribution in [0.15, 0.2) is 38.8 Å². The number of rotatable bonds is 3. The average Bonchev–Trinajstić information content (AvgIpc) is 2.42. The zero-order valence-corrected chi connectivity index (χ0v) is 12.2. The molecule has 104 valence electrons. The van der Waals surface area contributed by atoms with Gasteiger partial charge in [0.25, 0.3) is 0 Å². The molecule has 0 aliphatic carbocycles. The van der Waals surface area contributed by atoms with Crippen molar-refractivity contribution in [2.24, 2.45) is 5.10 Å². The lowest BCUT2D eigenvalue weighted by Gasteiger charge is -2.02. The largest absolute Gasteiger partial charge is 0.463 e. The van der Waals surface area contributed by atoms with E-state index in [-0.39, 0.29) is 5.43 Å². The molecule has 1 aromatic carbocycles. The summed E-state index contributed by atoms with van der Waals surface area (Å²) < 4.78 is 5.36. The average molecular weight is 310 g/mol. The zero-order valence-electron chi connectivity index (χ0n) is 10.6. The van der Waals surface area contributed by atoms with Crippen LogP contribution in [0.1, 0.15) is 12.5 Å². The van der Waals surface area contributed by atoms with E-state index in [2.05, 4.69) is 15.8 Å². The third-order valence-corrected chi connectivity index (χ3v) is 2.94. The first kappa shape index (κ1) is 14.5. The summed E-state index contributed by atoms with van der Waals surface area (Å²) in [6.07, 6.45) is 2.70. The van der Waals surface area contributed by atoms with Gasteiger partial charge in [-0.15, -0.1) is 0 Å². The van der Waals surface area contributed by atoms with Gasteiger partial charge in [0, 0.05) is 11.6 Å². The number of hydrazone groups is 1. The molecule has 0 bridgehead atoms. The maximum Gasteiger partial charge on any atom is 0.201 e. The highest BCUT2D eigenvalue weighted by atomic mass is 35.5. The van der Waals surface area contributed by atoms with Gasteiger partial charge in [0.05, 0.1) is 17.2 Å². The van der Waals surface area contributed by atoms with Crippen molar-refractivity contribution in [3.8, 4) is 0 Å². The number of hydrogen-bond acceptors (Lipinski definition) is 4. The van der Waals surface area contributed by atoms with Crippen molar-refractivity contribution in [1.82, 2.24) is 10.7 Å².